The van der Waals surface area contributed by atoms with E-state index in [1.807, 2.05) is 32.9 Å². The molecule has 1 unspecified atom stereocenters. The summed E-state index contributed by atoms with van der Waals surface area (Å²) in [5, 5.41) is 0.876. The van der Waals surface area contributed by atoms with Gasteiger partial charge < -0.3 is 18.5 Å². The van der Waals surface area contributed by atoms with Gasteiger partial charge in [-0.25, -0.2) is 4.79 Å². The molecule has 3 rings (SSSR count). The topological polar surface area (TPSA) is 70.7 Å². The third kappa shape index (κ3) is 4.27. The lowest BCUT2D eigenvalue weighted by atomic mass is 10.1. The van der Waals surface area contributed by atoms with Crippen LogP contribution in [0.1, 0.15) is 47.2 Å². The molecule has 1 aromatic carbocycles. The molecule has 0 saturated carbocycles. The maximum atomic E-state index is 12.8. The van der Waals surface area contributed by atoms with Gasteiger partial charge in [-0.05, 0) is 51.0 Å². The average molecular weight is 397 g/mol. The van der Waals surface area contributed by atoms with Crippen LogP contribution in [0, 0.1) is 13.8 Å². The van der Waals surface area contributed by atoms with Crippen molar-refractivity contribution in [2.75, 3.05) is 20.3 Å². The van der Waals surface area contributed by atoms with E-state index < -0.39 is 0 Å². The molecule has 6 nitrogen and oxygen atoms in total. The van der Waals surface area contributed by atoms with Crippen LogP contribution in [0.5, 0.6) is 5.75 Å². The molecule has 0 bridgehead atoms. The first-order chi connectivity index (χ1) is 13.8. The molecular formula is C23H27NO5. The average Bonchev–Trinajstić information content (AvgIpc) is 2.99. The molecule has 0 N–H and O–H groups in total. The normalized spacial score (nSPS) is 12.3. The van der Waals surface area contributed by atoms with Crippen LogP contribution in [0.4, 0.5) is 0 Å². The highest BCUT2D eigenvalue weighted by atomic mass is 16.5. The molecular weight excluding hydrogens is 370 g/mol. The molecule has 2 aromatic heterocycles. The van der Waals surface area contributed by atoms with Gasteiger partial charge in [-0.1, -0.05) is 6.92 Å². The zero-order valence-electron chi connectivity index (χ0n) is 17.6. The summed E-state index contributed by atoms with van der Waals surface area (Å²) in [5.74, 6) is 0.390. The molecule has 1 atom stereocenters. The Morgan fingerprint density at radius 1 is 1.21 bits per heavy atom. The van der Waals surface area contributed by atoms with Gasteiger partial charge in [0.05, 0.1) is 12.6 Å². The van der Waals surface area contributed by atoms with E-state index in [1.165, 1.54) is 6.07 Å². The summed E-state index contributed by atoms with van der Waals surface area (Å²) in [6.45, 7) is 8.44. The Morgan fingerprint density at radius 3 is 2.66 bits per heavy atom. The second-order valence-corrected chi connectivity index (χ2v) is 7.27. The second-order valence-electron chi connectivity index (χ2n) is 7.27. The third-order valence-electron chi connectivity index (χ3n) is 5.19. The van der Waals surface area contributed by atoms with Crippen molar-refractivity contribution in [3.05, 3.63) is 63.3 Å². The summed E-state index contributed by atoms with van der Waals surface area (Å²) in [6.07, 6.45) is 0.734. The van der Waals surface area contributed by atoms with Crippen molar-refractivity contribution in [1.82, 2.24) is 4.57 Å². The largest absolute Gasteiger partial charge is 0.485 e. The maximum Gasteiger partial charge on any atom is 0.336 e. The molecule has 0 amide bonds. The summed E-state index contributed by atoms with van der Waals surface area (Å²) in [4.78, 5) is 24.5. The lowest BCUT2D eigenvalue weighted by Crippen LogP contribution is -2.16. The van der Waals surface area contributed by atoms with Crippen molar-refractivity contribution in [3.63, 3.8) is 0 Å². The van der Waals surface area contributed by atoms with E-state index in [0.717, 1.165) is 28.8 Å². The van der Waals surface area contributed by atoms with Crippen molar-refractivity contribution >= 4 is 16.8 Å². The first kappa shape index (κ1) is 20.9. The Hall–Kier alpha value is -2.86. The number of ketones is 1. The summed E-state index contributed by atoms with van der Waals surface area (Å²) in [7, 11) is 1.67. The van der Waals surface area contributed by atoms with E-state index in [-0.39, 0.29) is 24.1 Å². The van der Waals surface area contributed by atoms with E-state index in [1.54, 1.807) is 19.2 Å². The molecule has 0 radical (unpaired) electrons. The molecule has 0 saturated heterocycles. The van der Waals surface area contributed by atoms with E-state index in [9.17, 15) is 9.59 Å². The van der Waals surface area contributed by atoms with Gasteiger partial charge in [-0.2, -0.15) is 0 Å². The SMILES string of the molecule is CCc1cc(=O)oc2cc(OCC(=O)c3cc(C)n(C(C)COC)c3C)ccc12. The smallest absolute Gasteiger partial charge is 0.336 e. The summed E-state index contributed by atoms with van der Waals surface area (Å²) < 4.78 is 18.3. The highest BCUT2D eigenvalue weighted by Crippen LogP contribution is 2.24. The molecule has 0 aliphatic carbocycles. The number of hydrogen-bond acceptors (Lipinski definition) is 5. The van der Waals surface area contributed by atoms with Gasteiger partial charge in [-0.15, -0.1) is 0 Å². The van der Waals surface area contributed by atoms with Crippen LogP contribution in [-0.2, 0) is 11.2 Å². The molecule has 154 valence electrons. The highest BCUT2D eigenvalue weighted by molar-refractivity contribution is 5.98. The quantitative estimate of drug-likeness (QED) is 0.420. The number of fused-ring (bicyclic) bond motifs is 1. The lowest BCUT2D eigenvalue weighted by Gasteiger charge is -2.17. The van der Waals surface area contributed by atoms with Gasteiger partial charge in [0.1, 0.15) is 11.3 Å². The second kappa shape index (κ2) is 8.66. The monoisotopic (exact) mass is 397 g/mol. The van der Waals surface area contributed by atoms with Crippen LogP contribution < -0.4 is 10.4 Å². The number of ether oxygens (including phenoxy) is 2. The van der Waals surface area contributed by atoms with Gasteiger partial charge in [-0.3, -0.25) is 4.79 Å². The molecule has 0 aliphatic rings. The Kier molecular flexibility index (Phi) is 6.23. The number of nitrogens with zero attached hydrogens (tertiary/aromatic N) is 1. The summed E-state index contributed by atoms with van der Waals surface area (Å²) >= 11 is 0. The number of rotatable bonds is 8. The van der Waals surface area contributed by atoms with E-state index in [2.05, 4.69) is 11.5 Å². The van der Waals surface area contributed by atoms with Crippen LogP contribution in [0.15, 0.2) is 39.5 Å². The number of carbonyl (C=O) groups excluding carboxylic acids is 1. The number of aromatic nitrogens is 1. The van der Waals surface area contributed by atoms with Crippen molar-refractivity contribution in [2.24, 2.45) is 0 Å². The number of hydrogen-bond donors (Lipinski definition) is 0. The number of carbonyl (C=O) groups is 1. The maximum absolute atomic E-state index is 12.8. The highest BCUT2D eigenvalue weighted by Gasteiger charge is 2.19. The van der Waals surface area contributed by atoms with Gasteiger partial charge in [0.2, 0.25) is 5.78 Å². The third-order valence-corrected chi connectivity index (χ3v) is 5.19. The molecule has 0 fully saturated rings. The number of Topliss-reactive ketones (excluding diaryl/α,β-unsaturated/α-hetero) is 1. The molecule has 2 heterocycles. The standard InChI is InChI=1S/C23H27NO5/c1-6-17-10-23(26)29-22-11-18(7-8-19(17)22)28-13-21(25)20-9-14(2)24(16(20)4)15(3)12-27-5/h7-11,15H,6,12-13H2,1-5H3. The van der Waals surface area contributed by atoms with E-state index >= 15 is 0 Å². The molecule has 29 heavy (non-hydrogen) atoms. The Bertz CT molecular complexity index is 1090. The molecule has 3 aromatic rings. The lowest BCUT2D eigenvalue weighted by molar-refractivity contribution is 0.0920. The summed E-state index contributed by atoms with van der Waals surface area (Å²) in [6, 6.07) is 8.84. The van der Waals surface area contributed by atoms with Crippen LogP contribution in [0.2, 0.25) is 0 Å². The minimum Gasteiger partial charge on any atom is -0.485 e. The number of methoxy groups -OCH3 is 1. The van der Waals surface area contributed by atoms with Gasteiger partial charge in [0.15, 0.2) is 6.61 Å². The first-order valence-electron chi connectivity index (χ1n) is 9.75. The Balaban J connectivity index is 1.79. The van der Waals surface area contributed by atoms with Gasteiger partial charge >= 0.3 is 5.63 Å². The predicted octanol–water partition coefficient (Wildman–Crippen LogP) is 4.24. The van der Waals surface area contributed by atoms with Crippen LogP contribution in [0.3, 0.4) is 0 Å². The molecule has 6 heteroatoms. The fourth-order valence-corrected chi connectivity index (χ4v) is 3.87. The summed E-state index contributed by atoms with van der Waals surface area (Å²) in [5.41, 5.74) is 3.56. The van der Waals surface area contributed by atoms with Crippen LogP contribution >= 0.6 is 0 Å². The fourth-order valence-electron chi connectivity index (χ4n) is 3.87. The minimum absolute atomic E-state index is 0.0911. The zero-order valence-corrected chi connectivity index (χ0v) is 17.6. The number of aryl methyl sites for hydroxylation is 2. The molecule has 0 aliphatic heterocycles. The van der Waals surface area contributed by atoms with Crippen molar-refractivity contribution < 1.29 is 18.7 Å². The number of benzene rings is 1. The van der Waals surface area contributed by atoms with E-state index in [4.69, 9.17) is 13.9 Å². The van der Waals surface area contributed by atoms with Crippen LogP contribution in [-0.4, -0.2) is 30.7 Å². The van der Waals surface area contributed by atoms with Crippen molar-refractivity contribution in [3.8, 4) is 5.75 Å². The van der Waals surface area contributed by atoms with E-state index in [0.29, 0.717) is 23.5 Å². The van der Waals surface area contributed by atoms with Crippen LogP contribution in [0.25, 0.3) is 11.0 Å². The van der Waals surface area contributed by atoms with Crippen molar-refractivity contribution in [2.45, 2.75) is 40.2 Å². The fraction of sp³-hybridized carbons (Fsp3) is 0.391. The molecule has 0 spiro atoms. The van der Waals surface area contributed by atoms with Gasteiger partial charge in [0.25, 0.3) is 0 Å². The Morgan fingerprint density at radius 2 is 1.97 bits per heavy atom. The van der Waals surface area contributed by atoms with Gasteiger partial charge in [0, 0.05) is 41.6 Å². The predicted molar refractivity (Wildman–Crippen MR) is 112 cm³/mol. The van der Waals surface area contributed by atoms with Crippen molar-refractivity contribution in [1.29, 1.82) is 0 Å². The Labute approximate surface area is 170 Å². The zero-order chi connectivity index (χ0) is 21.1. The first-order valence-corrected chi connectivity index (χ1v) is 9.75. The minimum atomic E-state index is -0.389.